The Bertz CT molecular complexity index is 930. The molecule has 4 unspecified atom stereocenters. The monoisotopic (exact) mass is 507 g/mol. The lowest BCUT2D eigenvalue weighted by Gasteiger charge is -2.30. The number of carbonyl (C=O) groups excluding carboxylic acids is 3. The smallest absolute Gasteiger partial charge is 0.326 e. The Morgan fingerprint density at radius 1 is 1.28 bits per heavy atom. The van der Waals surface area contributed by atoms with Crippen molar-refractivity contribution in [2.75, 3.05) is 13.1 Å². The number of guanidine groups is 1. The summed E-state index contributed by atoms with van der Waals surface area (Å²) in [6, 6.07) is -3.81. The van der Waals surface area contributed by atoms with Crippen LogP contribution in [0.3, 0.4) is 0 Å². The van der Waals surface area contributed by atoms with Gasteiger partial charge in [-0.1, -0.05) is 13.8 Å². The molecule has 1 aromatic heterocycles. The van der Waals surface area contributed by atoms with E-state index in [2.05, 4.69) is 25.6 Å². The van der Waals surface area contributed by atoms with Crippen molar-refractivity contribution in [1.82, 2.24) is 25.5 Å². The highest BCUT2D eigenvalue weighted by Gasteiger charge is 2.39. The minimum atomic E-state index is -1.15. The molecule has 1 fully saturated rings. The maximum atomic E-state index is 13.5. The normalized spacial score (nSPS) is 17.8. The second-order valence-corrected chi connectivity index (χ2v) is 9.16. The molecule has 0 aromatic carbocycles. The lowest BCUT2D eigenvalue weighted by atomic mass is 10.0. The summed E-state index contributed by atoms with van der Waals surface area (Å²) >= 11 is 0. The van der Waals surface area contributed by atoms with Gasteiger partial charge in [0, 0.05) is 31.4 Å². The average Bonchev–Trinajstić information content (AvgIpc) is 3.50. The van der Waals surface area contributed by atoms with Crippen LogP contribution in [0.5, 0.6) is 0 Å². The van der Waals surface area contributed by atoms with E-state index in [1.165, 1.54) is 11.2 Å². The molecule has 0 aliphatic carbocycles. The first-order valence-electron chi connectivity index (χ1n) is 11.9. The van der Waals surface area contributed by atoms with Gasteiger partial charge >= 0.3 is 5.97 Å². The molecule has 0 spiro atoms. The van der Waals surface area contributed by atoms with E-state index >= 15 is 0 Å². The van der Waals surface area contributed by atoms with Gasteiger partial charge in [0.25, 0.3) is 0 Å². The van der Waals surface area contributed by atoms with E-state index in [1.807, 2.05) is 0 Å². The zero-order chi connectivity index (χ0) is 26.8. The van der Waals surface area contributed by atoms with E-state index in [1.54, 1.807) is 20.0 Å². The third-order valence-electron chi connectivity index (χ3n) is 5.96. The van der Waals surface area contributed by atoms with Crippen LogP contribution in [0, 0.1) is 5.92 Å². The number of aliphatic carboxylic acids is 1. The molecule has 0 saturated carbocycles. The number of likely N-dealkylation sites (tertiary alicyclic amines) is 1. The third-order valence-corrected chi connectivity index (χ3v) is 5.96. The second kappa shape index (κ2) is 13.4. The fourth-order valence-electron chi connectivity index (χ4n) is 4.03. The highest BCUT2D eigenvalue weighted by Crippen LogP contribution is 2.20. The summed E-state index contributed by atoms with van der Waals surface area (Å²) < 4.78 is 0. The Morgan fingerprint density at radius 3 is 2.58 bits per heavy atom. The number of aliphatic imine (C=N–C) groups is 1. The van der Waals surface area contributed by atoms with Gasteiger partial charge in [0.1, 0.15) is 18.1 Å². The number of amides is 3. The van der Waals surface area contributed by atoms with E-state index in [4.69, 9.17) is 17.2 Å². The van der Waals surface area contributed by atoms with Gasteiger partial charge in [-0.25, -0.2) is 9.78 Å². The number of aromatic nitrogens is 2. The molecule has 3 amide bonds. The first kappa shape index (κ1) is 28.6. The molecule has 200 valence electrons. The number of aromatic amines is 1. The Labute approximate surface area is 209 Å². The summed E-state index contributed by atoms with van der Waals surface area (Å²) in [5.41, 5.74) is 17.4. The fraction of sp³-hybridized carbons (Fsp3) is 0.636. The van der Waals surface area contributed by atoms with Crippen LogP contribution >= 0.6 is 0 Å². The Morgan fingerprint density at radius 2 is 2.00 bits per heavy atom. The average molecular weight is 508 g/mol. The number of rotatable bonds is 13. The minimum Gasteiger partial charge on any atom is -0.480 e. The lowest BCUT2D eigenvalue weighted by molar-refractivity contribution is -0.145. The van der Waals surface area contributed by atoms with Gasteiger partial charge in [0.2, 0.25) is 17.7 Å². The second-order valence-electron chi connectivity index (χ2n) is 9.16. The number of carbonyl (C=O) groups is 4. The van der Waals surface area contributed by atoms with E-state index < -0.39 is 47.9 Å². The predicted molar refractivity (Wildman–Crippen MR) is 131 cm³/mol. The molecule has 1 aliphatic rings. The van der Waals surface area contributed by atoms with Crippen molar-refractivity contribution < 1.29 is 24.3 Å². The summed E-state index contributed by atoms with van der Waals surface area (Å²) in [7, 11) is 0. The van der Waals surface area contributed by atoms with Gasteiger partial charge in [0.05, 0.1) is 12.4 Å². The highest BCUT2D eigenvalue weighted by molar-refractivity contribution is 5.94. The number of H-pyrrole nitrogens is 1. The number of hydrogen-bond donors (Lipinski definition) is 7. The molecular formula is C22H37N9O5. The number of imidazole rings is 1. The van der Waals surface area contributed by atoms with Crippen molar-refractivity contribution in [3.05, 3.63) is 18.2 Å². The van der Waals surface area contributed by atoms with Crippen molar-refractivity contribution in [3.8, 4) is 0 Å². The van der Waals surface area contributed by atoms with Crippen molar-refractivity contribution in [2.45, 2.75) is 70.1 Å². The molecule has 1 aliphatic heterocycles. The number of nitrogens with one attached hydrogen (secondary N) is 3. The van der Waals surface area contributed by atoms with Gasteiger partial charge in [0.15, 0.2) is 5.96 Å². The summed E-state index contributed by atoms with van der Waals surface area (Å²) in [5, 5.41) is 14.7. The number of nitrogens with zero attached hydrogens (tertiary/aromatic N) is 3. The van der Waals surface area contributed by atoms with Gasteiger partial charge in [-0.2, -0.15) is 0 Å². The largest absolute Gasteiger partial charge is 0.480 e. The van der Waals surface area contributed by atoms with E-state index in [9.17, 15) is 24.3 Å². The van der Waals surface area contributed by atoms with E-state index in [0.717, 1.165) is 0 Å². The number of hydrogen-bond acceptors (Lipinski definition) is 7. The maximum absolute atomic E-state index is 13.5. The predicted octanol–water partition coefficient (Wildman–Crippen LogP) is -1.97. The standard InChI is InChI=1S/C22H37N9O5/c1-12(2)17(21(35)36)30-19(33)16-6-4-8-31(16)20(34)15(5-3-7-27-22(24)25)29-18(32)14(23)9-13-10-26-11-28-13/h10-12,14-17H,3-9,23H2,1-2H3,(H,26,28)(H,29,32)(H,30,33)(H,35,36)(H4,24,25,27). The summed E-state index contributed by atoms with van der Waals surface area (Å²) in [6.07, 6.45) is 4.79. The molecule has 2 rings (SSSR count). The van der Waals surface area contributed by atoms with Gasteiger partial charge in [-0.15, -0.1) is 0 Å². The number of carboxylic acids is 1. The van der Waals surface area contributed by atoms with Gasteiger partial charge in [-0.05, 0) is 31.6 Å². The third kappa shape index (κ3) is 8.22. The van der Waals surface area contributed by atoms with E-state index in [-0.39, 0.29) is 31.3 Å². The minimum absolute atomic E-state index is 0.0853. The molecule has 14 nitrogen and oxygen atoms in total. The molecule has 1 saturated heterocycles. The SMILES string of the molecule is CC(C)C(NC(=O)C1CCCN1C(=O)C(CCCN=C(N)N)NC(=O)C(N)Cc1cnc[nH]1)C(=O)O. The summed E-state index contributed by atoms with van der Waals surface area (Å²) in [6.45, 7) is 3.92. The van der Waals surface area contributed by atoms with Gasteiger partial charge < -0.3 is 42.8 Å². The van der Waals surface area contributed by atoms with Crippen molar-refractivity contribution in [1.29, 1.82) is 0 Å². The summed E-state index contributed by atoms with van der Waals surface area (Å²) in [5.74, 6) is -3.09. The topological polar surface area (TPSA) is 235 Å². The van der Waals surface area contributed by atoms with Crippen LogP contribution in [0.2, 0.25) is 0 Å². The maximum Gasteiger partial charge on any atom is 0.326 e. The number of nitrogens with two attached hydrogens (primary N) is 3. The molecule has 10 N–H and O–H groups in total. The van der Waals surface area contributed by atoms with Crippen molar-refractivity contribution in [3.63, 3.8) is 0 Å². The van der Waals surface area contributed by atoms with Gasteiger partial charge in [-0.3, -0.25) is 19.4 Å². The quantitative estimate of drug-likeness (QED) is 0.0889. The molecule has 4 atom stereocenters. The number of carboxylic acid groups (broad SMARTS) is 1. The van der Waals surface area contributed by atoms with Crippen LogP contribution in [-0.4, -0.2) is 86.9 Å². The molecule has 2 heterocycles. The molecular weight excluding hydrogens is 470 g/mol. The Hall–Kier alpha value is -3.68. The molecule has 1 aromatic rings. The Balaban J connectivity index is 2.13. The highest BCUT2D eigenvalue weighted by atomic mass is 16.4. The summed E-state index contributed by atoms with van der Waals surface area (Å²) in [4.78, 5) is 62.8. The van der Waals surface area contributed by atoms with Crippen LogP contribution in [0.1, 0.15) is 45.2 Å². The molecule has 0 bridgehead atoms. The zero-order valence-corrected chi connectivity index (χ0v) is 20.6. The Kier molecular flexibility index (Phi) is 10.6. The molecule has 14 heteroatoms. The molecule has 0 radical (unpaired) electrons. The van der Waals surface area contributed by atoms with Crippen LogP contribution in [0.4, 0.5) is 0 Å². The van der Waals surface area contributed by atoms with Crippen LogP contribution in [0.25, 0.3) is 0 Å². The van der Waals surface area contributed by atoms with Crippen LogP contribution in [-0.2, 0) is 25.6 Å². The van der Waals surface area contributed by atoms with Crippen LogP contribution < -0.4 is 27.8 Å². The molecule has 36 heavy (non-hydrogen) atoms. The fourth-order valence-corrected chi connectivity index (χ4v) is 4.03. The van der Waals surface area contributed by atoms with Crippen LogP contribution in [0.15, 0.2) is 17.5 Å². The van der Waals surface area contributed by atoms with E-state index in [0.29, 0.717) is 31.5 Å². The lowest BCUT2D eigenvalue weighted by Crippen LogP contribution is -2.57. The first-order valence-corrected chi connectivity index (χ1v) is 11.9. The first-order chi connectivity index (χ1) is 17.0. The van der Waals surface area contributed by atoms with Crippen molar-refractivity contribution >= 4 is 29.7 Å². The van der Waals surface area contributed by atoms with Crippen molar-refractivity contribution in [2.24, 2.45) is 28.1 Å². The zero-order valence-electron chi connectivity index (χ0n) is 20.6.